The Morgan fingerprint density at radius 1 is 1.16 bits per heavy atom. The highest BCUT2D eigenvalue weighted by atomic mass is 35.5. The minimum atomic E-state index is 0.485. The third-order valence-electron chi connectivity index (χ3n) is 3.78. The van der Waals surface area contributed by atoms with Gasteiger partial charge in [0.05, 0.1) is 21.8 Å². The summed E-state index contributed by atoms with van der Waals surface area (Å²) >= 11 is 14.1. The Hall–Kier alpha value is -0.380. The van der Waals surface area contributed by atoms with Crippen LogP contribution in [0, 0.1) is 5.92 Å². The molecule has 2 nitrogen and oxygen atoms in total. The van der Waals surface area contributed by atoms with E-state index in [9.17, 15) is 0 Å². The number of thioether (sulfide) groups is 1. The highest BCUT2D eigenvalue weighted by molar-refractivity contribution is 8.14. The van der Waals surface area contributed by atoms with Gasteiger partial charge in [0.15, 0.2) is 5.17 Å². The van der Waals surface area contributed by atoms with E-state index >= 15 is 0 Å². The second-order valence-electron chi connectivity index (χ2n) is 5.08. The summed E-state index contributed by atoms with van der Waals surface area (Å²) in [5.74, 6) is 1.91. The molecule has 0 aromatic heterocycles. The minimum absolute atomic E-state index is 0.485. The van der Waals surface area contributed by atoms with E-state index in [-0.39, 0.29) is 0 Å². The molecular weight excluding hydrogens is 299 g/mol. The maximum atomic E-state index is 6.17. The minimum Gasteiger partial charge on any atom is -0.333 e. The van der Waals surface area contributed by atoms with E-state index < -0.39 is 0 Å². The molecule has 1 aromatic carbocycles. The Morgan fingerprint density at radius 3 is 2.68 bits per heavy atom. The van der Waals surface area contributed by atoms with Gasteiger partial charge < -0.3 is 5.32 Å². The second kappa shape index (κ2) is 5.94. The lowest BCUT2D eigenvalue weighted by atomic mass is 9.86. The molecule has 1 N–H and O–H groups in total. The third kappa shape index (κ3) is 3.04. The van der Waals surface area contributed by atoms with E-state index in [0.717, 1.165) is 22.5 Å². The Bertz CT molecular complexity index is 484. The van der Waals surface area contributed by atoms with Gasteiger partial charge in [0.2, 0.25) is 0 Å². The molecule has 0 saturated heterocycles. The normalized spacial score (nSPS) is 26.5. The number of hydrogen-bond donors (Lipinski definition) is 1. The van der Waals surface area contributed by atoms with Gasteiger partial charge in [-0.15, -0.1) is 0 Å². The van der Waals surface area contributed by atoms with Gasteiger partial charge in [-0.3, -0.25) is 4.99 Å². The summed E-state index contributed by atoms with van der Waals surface area (Å²) in [7, 11) is 0. The molecule has 2 unspecified atom stereocenters. The van der Waals surface area contributed by atoms with E-state index in [1.54, 1.807) is 11.8 Å². The van der Waals surface area contributed by atoms with Gasteiger partial charge in [0.25, 0.3) is 0 Å². The molecule has 2 atom stereocenters. The number of halogens is 2. The first-order valence-corrected chi connectivity index (χ1v) is 8.40. The Balaban J connectivity index is 1.78. The largest absolute Gasteiger partial charge is 0.333 e. The molecule has 19 heavy (non-hydrogen) atoms. The molecule has 0 bridgehead atoms. The summed E-state index contributed by atoms with van der Waals surface area (Å²) in [6, 6.07) is 6.02. The molecule has 2 aliphatic rings. The van der Waals surface area contributed by atoms with Crippen LogP contribution in [0.4, 0.5) is 5.69 Å². The maximum Gasteiger partial charge on any atom is 0.161 e. The number of nitrogens with one attached hydrogen (secondary N) is 1. The van der Waals surface area contributed by atoms with Crippen molar-refractivity contribution in [2.45, 2.75) is 31.7 Å². The molecule has 1 aliphatic carbocycles. The molecule has 1 heterocycles. The summed E-state index contributed by atoms with van der Waals surface area (Å²) in [5, 5.41) is 5.54. The summed E-state index contributed by atoms with van der Waals surface area (Å²) in [6.45, 7) is 0. The average molecular weight is 315 g/mol. The van der Waals surface area contributed by atoms with Crippen LogP contribution in [0.5, 0.6) is 0 Å². The van der Waals surface area contributed by atoms with Gasteiger partial charge in [0, 0.05) is 5.75 Å². The third-order valence-corrected chi connectivity index (χ3v) is 5.49. The standard InChI is InChI=1S/C14H16Cl2N2S/c15-10-5-3-6-11(16)13(10)18-14-17-12-7-2-1-4-9(12)8-19-14/h3,5-6,9,12H,1-2,4,7-8H2,(H,17,18). The fourth-order valence-electron chi connectivity index (χ4n) is 2.72. The van der Waals surface area contributed by atoms with Crippen LogP contribution in [0.1, 0.15) is 25.7 Å². The van der Waals surface area contributed by atoms with Gasteiger partial charge in [-0.05, 0) is 30.9 Å². The van der Waals surface area contributed by atoms with Crippen LogP contribution in [-0.4, -0.2) is 17.0 Å². The maximum absolute atomic E-state index is 6.17. The SMILES string of the molecule is Clc1cccc(Cl)c1NC1=NC2CCCCC2CS1. The van der Waals surface area contributed by atoms with Gasteiger partial charge in [-0.2, -0.15) is 0 Å². The van der Waals surface area contributed by atoms with Crippen LogP contribution >= 0.6 is 35.0 Å². The molecule has 1 aliphatic heterocycles. The Morgan fingerprint density at radius 2 is 1.89 bits per heavy atom. The molecule has 3 rings (SSSR count). The summed E-state index contributed by atoms with van der Waals surface area (Å²) in [5.41, 5.74) is 0.770. The van der Waals surface area contributed by atoms with Crippen molar-refractivity contribution in [3.8, 4) is 0 Å². The molecule has 0 spiro atoms. The zero-order valence-electron chi connectivity index (χ0n) is 10.5. The molecule has 1 aromatic rings. The molecule has 1 saturated carbocycles. The van der Waals surface area contributed by atoms with E-state index in [1.165, 1.54) is 25.7 Å². The number of fused-ring (bicyclic) bond motifs is 1. The first kappa shape index (κ1) is 13.6. The van der Waals surface area contributed by atoms with Crippen molar-refractivity contribution in [2.75, 3.05) is 11.1 Å². The fourth-order valence-corrected chi connectivity index (χ4v) is 4.36. The molecular formula is C14H16Cl2N2S. The van der Waals surface area contributed by atoms with Crippen LogP contribution in [0.3, 0.4) is 0 Å². The highest BCUT2D eigenvalue weighted by Gasteiger charge is 2.29. The van der Waals surface area contributed by atoms with Crippen molar-refractivity contribution in [1.29, 1.82) is 0 Å². The number of amidine groups is 1. The van der Waals surface area contributed by atoms with E-state index in [0.29, 0.717) is 16.1 Å². The summed E-state index contributed by atoms with van der Waals surface area (Å²) < 4.78 is 0. The summed E-state index contributed by atoms with van der Waals surface area (Å²) in [4.78, 5) is 4.83. The molecule has 102 valence electrons. The van der Waals surface area contributed by atoms with Crippen molar-refractivity contribution in [3.05, 3.63) is 28.2 Å². The van der Waals surface area contributed by atoms with Gasteiger partial charge in [-0.1, -0.05) is 53.9 Å². The molecule has 1 fully saturated rings. The predicted octanol–water partition coefficient (Wildman–Crippen LogP) is 5.07. The fraction of sp³-hybridized carbons (Fsp3) is 0.500. The first-order valence-electron chi connectivity index (χ1n) is 6.65. The zero-order chi connectivity index (χ0) is 13.2. The van der Waals surface area contributed by atoms with E-state index in [4.69, 9.17) is 28.2 Å². The van der Waals surface area contributed by atoms with Crippen molar-refractivity contribution >= 4 is 45.8 Å². The topological polar surface area (TPSA) is 24.4 Å². The van der Waals surface area contributed by atoms with Gasteiger partial charge >= 0.3 is 0 Å². The number of nitrogens with zero attached hydrogens (tertiary/aromatic N) is 1. The highest BCUT2D eigenvalue weighted by Crippen LogP contribution is 2.36. The van der Waals surface area contributed by atoms with Crippen LogP contribution in [0.25, 0.3) is 0 Å². The first-order chi connectivity index (χ1) is 9.24. The lowest BCUT2D eigenvalue weighted by Gasteiger charge is -2.32. The number of benzene rings is 1. The van der Waals surface area contributed by atoms with Crippen molar-refractivity contribution in [1.82, 2.24) is 0 Å². The number of anilines is 1. The summed E-state index contributed by atoms with van der Waals surface area (Å²) in [6.07, 6.45) is 5.19. The van der Waals surface area contributed by atoms with E-state index in [2.05, 4.69) is 5.32 Å². The monoisotopic (exact) mass is 314 g/mol. The quantitative estimate of drug-likeness (QED) is 0.782. The van der Waals surface area contributed by atoms with Gasteiger partial charge in [-0.25, -0.2) is 0 Å². The molecule has 0 radical (unpaired) electrons. The number of para-hydroxylation sites is 1. The molecule has 5 heteroatoms. The van der Waals surface area contributed by atoms with Gasteiger partial charge in [0.1, 0.15) is 0 Å². The lowest BCUT2D eigenvalue weighted by molar-refractivity contribution is 0.336. The molecule has 0 amide bonds. The van der Waals surface area contributed by atoms with Crippen molar-refractivity contribution in [3.63, 3.8) is 0 Å². The smallest absolute Gasteiger partial charge is 0.161 e. The number of rotatable bonds is 1. The van der Waals surface area contributed by atoms with Crippen LogP contribution in [0.15, 0.2) is 23.2 Å². The average Bonchev–Trinajstić information content (AvgIpc) is 2.43. The lowest BCUT2D eigenvalue weighted by Crippen LogP contribution is -2.31. The Labute approximate surface area is 128 Å². The Kier molecular flexibility index (Phi) is 4.25. The predicted molar refractivity (Wildman–Crippen MR) is 85.7 cm³/mol. The van der Waals surface area contributed by atoms with Crippen LogP contribution in [-0.2, 0) is 0 Å². The second-order valence-corrected chi connectivity index (χ2v) is 6.90. The van der Waals surface area contributed by atoms with Crippen LogP contribution < -0.4 is 5.32 Å². The van der Waals surface area contributed by atoms with Crippen LogP contribution in [0.2, 0.25) is 10.0 Å². The zero-order valence-corrected chi connectivity index (χ0v) is 12.9. The number of hydrogen-bond acceptors (Lipinski definition) is 3. The van der Waals surface area contributed by atoms with Crippen molar-refractivity contribution in [2.24, 2.45) is 10.9 Å². The van der Waals surface area contributed by atoms with E-state index in [1.807, 2.05) is 18.2 Å². The number of aliphatic imine (C=N–C) groups is 1. The van der Waals surface area contributed by atoms with Crippen molar-refractivity contribution < 1.29 is 0 Å².